The van der Waals surface area contributed by atoms with E-state index in [1.54, 1.807) is 19.1 Å². The van der Waals surface area contributed by atoms with Crippen molar-refractivity contribution < 1.29 is 37.1 Å². The average Bonchev–Trinajstić information content (AvgIpc) is 3.78. The molecule has 1 amide bonds. The van der Waals surface area contributed by atoms with Gasteiger partial charge in [0.2, 0.25) is 5.82 Å². The first kappa shape index (κ1) is 53.2. The number of aromatic nitrogens is 3. The Bertz CT molecular complexity index is 3320. The number of ether oxygens (including phenoxy) is 2. The van der Waals surface area contributed by atoms with Crippen LogP contribution in [0.2, 0.25) is 0 Å². The molecular weight excluding hydrogens is 1000 g/mol. The Kier molecular flexibility index (Phi) is 15.0. The molecule has 5 heterocycles. The lowest BCUT2D eigenvalue weighted by molar-refractivity contribution is -0.384. The molecule has 2 saturated carbocycles. The molecule has 2 aliphatic carbocycles. The van der Waals surface area contributed by atoms with Crippen LogP contribution in [0.25, 0.3) is 11.0 Å². The average molecular weight is 1070 g/mol. The van der Waals surface area contributed by atoms with Crippen molar-refractivity contribution in [3.8, 4) is 23.4 Å². The molecule has 1 spiro atoms. The Morgan fingerprint density at radius 3 is 2.45 bits per heavy atom. The van der Waals surface area contributed by atoms with Gasteiger partial charge in [-0.3, -0.25) is 24.7 Å². The summed E-state index contributed by atoms with van der Waals surface area (Å²) in [6.45, 7) is 11.7. The summed E-state index contributed by atoms with van der Waals surface area (Å²) >= 11 is 0. The van der Waals surface area contributed by atoms with Crippen LogP contribution in [0.1, 0.15) is 117 Å². The summed E-state index contributed by atoms with van der Waals surface area (Å²) in [6.07, 6.45) is 8.72. The number of nitriles is 1. The number of carbonyl (C=O) groups is 1. The lowest BCUT2D eigenvalue weighted by Crippen LogP contribution is -2.60. The zero-order valence-corrected chi connectivity index (χ0v) is 44.6. The third-order valence-electron chi connectivity index (χ3n) is 16.5. The minimum atomic E-state index is -4.75. The minimum absolute atomic E-state index is 0.0201. The Balaban J connectivity index is 0.857. The summed E-state index contributed by atoms with van der Waals surface area (Å²) in [5, 5.41) is 35.0. The van der Waals surface area contributed by atoms with E-state index in [1.165, 1.54) is 35.9 Å². The number of benzene rings is 3. The number of pyridine rings is 2. The first-order valence-electron chi connectivity index (χ1n) is 26.4. The molecule has 0 radical (unpaired) electrons. The molecule has 4 fully saturated rings. The highest BCUT2D eigenvalue weighted by atomic mass is 32.2. The Labute approximate surface area is 447 Å². The molecule has 2 aliphatic heterocycles. The molecule has 3 aromatic carbocycles. The van der Waals surface area contributed by atoms with Gasteiger partial charge in [-0.1, -0.05) is 50.2 Å². The van der Waals surface area contributed by atoms with Crippen LogP contribution in [-0.4, -0.2) is 107 Å². The fraction of sp³-hybridized carbons (Fsp3) is 0.439. The first-order valence-corrected chi connectivity index (χ1v) is 27.9. The molecule has 1 atom stereocenters. The molecule has 6 aromatic rings. The SMILES string of the molecule is COc1nc2[nH]cc(F)c2cc1Oc1cc(N2CCC3(CC2)CC(N2CCN(Cc4ccc(C#N)cc4)C[C@H]2c2ccccc2C(C)C)C3)ccc1C(=O)NS(=O)(=O)c1cnc(NCC2CCC(C)(O)CC2)c([N+](=O)[O-])c1. The molecule has 0 bridgehead atoms. The number of aliphatic hydroxyl groups is 1. The Morgan fingerprint density at radius 2 is 1.75 bits per heavy atom. The molecule has 10 rings (SSSR count). The highest BCUT2D eigenvalue weighted by molar-refractivity contribution is 7.90. The van der Waals surface area contributed by atoms with E-state index in [9.17, 15) is 38.1 Å². The summed E-state index contributed by atoms with van der Waals surface area (Å²) in [4.78, 5) is 43.8. The van der Waals surface area contributed by atoms with E-state index in [2.05, 4.69) is 96.0 Å². The number of halogens is 1. The van der Waals surface area contributed by atoms with Gasteiger partial charge in [0, 0.05) is 88.0 Å². The molecule has 4 N–H and O–H groups in total. The highest BCUT2D eigenvalue weighted by Gasteiger charge is 2.50. The lowest BCUT2D eigenvalue weighted by Gasteiger charge is -2.58. The number of sulfonamides is 1. The number of fused-ring (bicyclic) bond motifs is 1. The number of hydrogen-bond donors (Lipinski definition) is 4. The predicted molar refractivity (Wildman–Crippen MR) is 289 cm³/mol. The molecule has 2 saturated heterocycles. The van der Waals surface area contributed by atoms with E-state index in [-0.39, 0.29) is 57.2 Å². The van der Waals surface area contributed by atoms with Gasteiger partial charge < -0.3 is 29.8 Å². The van der Waals surface area contributed by atoms with Crippen molar-refractivity contribution in [1.29, 1.82) is 5.26 Å². The van der Waals surface area contributed by atoms with E-state index < -0.39 is 42.9 Å². The second-order valence-corrected chi connectivity index (χ2v) is 23.7. The standard InChI is InChI=1S/C57H65FN10O8S/c1-36(2)43-7-5-6-8-44(43)49-35-65(34-39-11-9-37(30-59)10-12-39)23-24-67(49)41-28-57(29-41)19-21-66(22-20-57)40-13-14-45(50(25-40)76-51-27-46-47(58)33-62-52(46)63-55(51)75-4)54(69)64-77(73,74)42-26-48(68(71)72)53(61-32-42)60-31-38-15-17-56(3,70)18-16-38/h5-14,25-27,32-33,36,38,41,49,70H,15-24,28-29,31,34-35H2,1-4H3,(H,60,61)(H,62,63)(H,64,69)/t38?,49-,56?/m0/s1. The van der Waals surface area contributed by atoms with Gasteiger partial charge in [0.05, 0.1) is 46.4 Å². The van der Waals surface area contributed by atoms with Crippen LogP contribution in [-0.2, 0) is 16.6 Å². The summed E-state index contributed by atoms with van der Waals surface area (Å²) in [5.41, 5.74) is 4.15. The summed E-state index contributed by atoms with van der Waals surface area (Å²) in [5.74, 6) is -1.41. The second kappa shape index (κ2) is 21.7. The molecule has 20 heteroatoms. The van der Waals surface area contributed by atoms with Gasteiger partial charge in [-0.25, -0.2) is 22.5 Å². The maximum absolute atomic E-state index is 14.9. The Morgan fingerprint density at radius 1 is 1.01 bits per heavy atom. The number of nitro groups is 1. The molecule has 0 unspecified atom stereocenters. The predicted octanol–water partition coefficient (Wildman–Crippen LogP) is 9.58. The third-order valence-corrected chi connectivity index (χ3v) is 17.8. The van der Waals surface area contributed by atoms with Crippen molar-refractivity contribution in [2.75, 3.05) is 56.6 Å². The van der Waals surface area contributed by atoms with Crippen molar-refractivity contribution in [2.45, 2.75) is 107 Å². The van der Waals surface area contributed by atoms with Crippen LogP contribution >= 0.6 is 0 Å². The normalized spacial score (nSPS) is 21.1. The molecule has 404 valence electrons. The van der Waals surface area contributed by atoms with Gasteiger partial charge >= 0.3 is 5.69 Å². The number of piperidine rings is 1. The number of nitrogens with zero attached hydrogens (tertiary/aromatic N) is 7. The minimum Gasteiger partial charge on any atom is -0.478 e. The molecular formula is C57H65FN10O8S. The number of hydrogen-bond acceptors (Lipinski definition) is 15. The lowest BCUT2D eigenvalue weighted by atomic mass is 9.59. The topological polar surface area (TPSA) is 232 Å². The van der Waals surface area contributed by atoms with E-state index >= 15 is 0 Å². The smallest absolute Gasteiger partial charge is 0.312 e. The fourth-order valence-electron chi connectivity index (χ4n) is 12.0. The third kappa shape index (κ3) is 11.4. The van der Waals surface area contributed by atoms with Crippen LogP contribution in [0, 0.1) is 38.6 Å². The van der Waals surface area contributed by atoms with Crippen molar-refractivity contribution >= 4 is 44.2 Å². The van der Waals surface area contributed by atoms with Crippen LogP contribution < -0.4 is 24.4 Å². The number of amides is 1. The number of carbonyl (C=O) groups excluding carboxylic acids is 1. The van der Waals surface area contributed by atoms with Crippen LogP contribution in [0.5, 0.6) is 17.4 Å². The fourth-order valence-corrected chi connectivity index (χ4v) is 12.9. The molecule has 3 aromatic heterocycles. The summed E-state index contributed by atoms with van der Waals surface area (Å²) < 4.78 is 56.6. The zero-order valence-electron chi connectivity index (χ0n) is 43.8. The molecule has 4 aliphatic rings. The summed E-state index contributed by atoms with van der Waals surface area (Å²) in [7, 11) is -3.38. The van der Waals surface area contributed by atoms with Gasteiger partial charge in [-0.2, -0.15) is 10.2 Å². The van der Waals surface area contributed by atoms with Gasteiger partial charge in [0.1, 0.15) is 22.1 Å². The van der Waals surface area contributed by atoms with Gasteiger partial charge in [0.15, 0.2) is 5.75 Å². The van der Waals surface area contributed by atoms with Crippen molar-refractivity contribution in [2.24, 2.45) is 11.3 Å². The van der Waals surface area contributed by atoms with E-state index in [4.69, 9.17) is 9.47 Å². The second-order valence-electron chi connectivity index (χ2n) is 22.0. The van der Waals surface area contributed by atoms with Crippen molar-refractivity contribution in [3.63, 3.8) is 0 Å². The number of anilines is 2. The number of H-pyrrole nitrogens is 1. The number of aromatic amines is 1. The van der Waals surface area contributed by atoms with E-state index in [0.29, 0.717) is 49.8 Å². The number of piperazine rings is 1. The van der Waals surface area contributed by atoms with Crippen molar-refractivity contribution in [3.05, 3.63) is 135 Å². The van der Waals surface area contributed by atoms with Gasteiger partial charge in [-0.05, 0) is 116 Å². The molecule has 77 heavy (non-hydrogen) atoms. The van der Waals surface area contributed by atoms with E-state index in [1.807, 2.05) is 12.1 Å². The number of methoxy groups -OCH3 is 1. The molecule has 18 nitrogen and oxygen atoms in total. The summed E-state index contributed by atoms with van der Waals surface area (Å²) in [6, 6.07) is 26.7. The highest BCUT2D eigenvalue weighted by Crippen LogP contribution is 2.53. The number of rotatable bonds is 16. The van der Waals surface area contributed by atoms with Crippen molar-refractivity contribution in [1.82, 2.24) is 29.5 Å². The van der Waals surface area contributed by atoms with Gasteiger partial charge in [0.25, 0.3) is 21.8 Å². The van der Waals surface area contributed by atoms with Crippen LogP contribution in [0.4, 0.5) is 21.6 Å². The first-order chi connectivity index (χ1) is 36.9. The maximum atomic E-state index is 14.9. The largest absolute Gasteiger partial charge is 0.478 e. The quantitative estimate of drug-likeness (QED) is 0.0522. The van der Waals surface area contributed by atoms with Crippen LogP contribution in [0.3, 0.4) is 0 Å². The van der Waals surface area contributed by atoms with Gasteiger partial charge in [-0.15, -0.1) is 0 Å². The Hall–Kier alpha value is -7.18. The number of nitrogens with one attached hydrogen (secondary N) is 3. The zero-order chi connectivity index (χ0) is 54.2. The van der Waals surface area contributed by atoms with Crippen LogP contribution in [0.15, 0.2) is 96.2 Å². The maximum Gasteiger partial charge on any atom is 0.312 e. The van der Waals surface area contributed by atoms with E-state index in [0.717, 1.165) is 89.1 Å². The monoisotopic (exact) mass is 1070 g/mol.